The predicted molar refractivity (Wildman–Crippen MR) is 63.4 cm³/mol. The van der Waals surface area contributed by atoms with Crippen LogP contribution >= 0.6 is 0 Å². The van der Waals surface area contributed by atoms with E-state index in [1.807, 2.05) is 17.0 Å². The number of morpholine rings is 1. The summed E-state index contributed by atoms with van der Waals surface area (Å²) < 4.78 is 5.03. The third-order valence-corrected chi connectivity index (χ3v) is 2.99. The molecule has 0 saturated carbocycles. The number of rotatable bonds is 3. The molecule has 0 bridgehead atoms. The van der Waals surface area contributed by atoms with E-state index in [1.165, 1.54) is 0 Å². The summed E-state index contributed by atoms with van der Waals surface area (Å²) in [5.74, 6) is 0. The quantitative estimate of drug-likeness (QED) is 0.775. The van der Waals surface area contributed by atoms with Gasteiger partial charge in [-0.15, -0.1) is 0 Å². The molecule has 1 saturated heterocycles. The summed E-state index contributed by atoms with van der Waals surface area (Å²) in [6, 6.07) is 8.60. The smallest absolute Gasteiger partial charge is 0.177 e. The Kier molecular flexibility index (Phi) is 4.05. The number of ether oxygens (including phenoxy) is 1. The van der Waals surface area contributed by atoms with Crippen LogP contribution in [0.5, 0.6) is 0 Å². The molecule has 5 heteroatoms. The fraction of sp³-hybridized carbons (Fsp3) is 0.385. The first-order valence-electron chi connectivity index (χ1n) is 5.72. The van der Waals surface area contributed by atoms with E-state index < -0.39 is 12.3 Å². The molecule has 1 aromatic rings. The van der Waals surface area contributed by atoms with E-state index in [1.54, 1.807) is 12.1 Å². The van der Waals surface area contributed by atoms with Gasteiger partial charge in [-0.3, -0.25) is 4.90 Å². The maximum atomic E-state index is 10.9. The van der Waals surface area contributed by atoms with Gasteiger partial charge in [0.05, 0.1) is 18.2 Å². The Labute approximate surface area is 105 Å². The number of carbonyl (C=O) groups excluding carboxylic acids is 1. The summed E-state index contributed by atoms with van der Waals surface area (Å²) in [5.41, 5.74) is 1.60. The van der Waals surface area contributed by atoms with Gasteiger partial charge in [0.25, 0.3) is 0 Å². The van der Waals surface area contributed by atoms with E-state index in [0.29, 0.717) is 31.5 Å². The van der Waals surface area contributed by atoms with Gasteiger partial charge in [0.2, 0.25) is 0 Å². The van der Waals surface area contributed by atoms with Crippen LogP contribution in [0.3, 0.4) is 0 Å². The number of aliphatic hydroxyl groups excluding tert-OH is 1. The second-order valence-electron chi connectivity index (χ2n) is 4.17. The standard InChI is InChI=1S/C13H14N2O3/c14-7-10-1-3-11(4-2-10)8-15-5-6-18-13(17)12(15)9-16/h1-4,9,12-13,17H,5-6,8H2. The fourth-order valence-corrected chi connectivity index (χ4v) is 1.98. The molecule has 1 fully saturated rings. The number of aliphatic hydroxyl groups is 1. The third kappa shape index (κ3) is 2.74. The summed E-state index contributed by atoms with van der Waals surface area (Å²) in [7, 11) is 0. The minimum Gasteiger partial charge on any atom is -0.366 e. The van der Waals surface area contributed by atoms with Gasteiger partial charge in [0, 0.05) is 13.1 Å². The molecule has 0 aliphatic carbocycles. The van der Waals surface area contributed by atoms with E-state index in [9.17, 15) is 9.90 Å². The van der Waals surface area contributed by atoms with Crippen molar-refractivity contribution in [3.05, 3.63) is 35.4 Å². The topological polar surface area (TPSA) is 73.6 Å². The normalized spacial score (nSPS) is 24.4. The fourth-order valence-electron chi connectivity index (χ4n) is 1.98. The van der Waals surface area contributed by atoms with Crippen LogP contribution in [0.2, 0.25) is 0 Å². The zero-order valence-corrected chi connectivity index (χ0v) is 9.82. The van der Waals surface area contributed by atoms with Crippen molar-refractivity contribution in [2.45, 2.75) is 18.9 Å². The van der Waals surface area contributed by atoms with Crippen molar-refractivity contribution in [2.75, 3.05) is 13.2 Å². The van der Waals surface area contributed by atoms with Crippen molar-refractivity contribution in [3.63, 3.8) is 0 Å². The molecular weight excluding hydrogens is 232 g/mol. The van der Waals surface area contributed by atoms with Gasteiger partial charge in [0.15, 0.2) is 6.29 Å². The zero-order chi connectivity index (χ0) is 13.0. The minimum atomic E-state index is -1.06. The van der Waals surface area contributed by atoms with Gasteiger partial charge in [-0.25, -0.2) is 0 Å². The van der Waals surface area contributed by atoms with Crippen LogP contribution in [0, 0.1) is 11.3 Å². The molecule has 5 nitrogen and oxygen atoms in total. The highest BCUT2D eigenvalue weighted by molar-refractivity contribution is 5.58. The van der Waals surface area contributed by atoms with Crippen LogP contribution in [-0.2, 0) is 16.1 Å². The van der Waals surface area contributed by atoms with Crippen molar-refractivity contribution in [2.24, 2.45) is 0 Å². The summed E-state index contributed by atoms with van der Waals surface area (Å²) in [5, 5.41) is 18.3. The van der Waals surface area contributed by atoms with Crippen molar-refractivity contribution in [1.29, 1.82) is 5.26 Å². The first kappa shape index (κ1) is 12.7. The molecule has 1 aliphatic rings. The number of hydrogen-bond acceptors (Lipinski definition) is 5. The Morgan fingerprint density at radius 1 is 1.50 bits per heavy atom. The Bertz CT molecular complexity index is 452. The van der Waals surface area contributed by atoms with Gasteiger partial charge in [0.1, 0.15) is 12.3 Å². The molecule has 0 spiro atoms. The molecule has 18 heavy (non-hydrogen) atoms. The summed E-state index contributed by atoms with van der Waals surface area (Å²) in [6.45, 7) is 1.55. The summed E-state index contributed by atoms with van der Waals surface area (Å²) in [6.07, 6.45) is -0.359. The van der Waals surface area contributed by atoms with Crippen molar-refractivity contribution in [1.82, 2.24) is 4.90 Å². The third-order valence-electron chi connectivity index (χ3n) is 2.99. The Morgan fingerprint density at radius 3 is 2.83 bits per heavy atom. The van der Waals surface area contributed by atoms with E-state index in [0.717, 1.165) is 5.56 Å². The predicted octanol–water partition coefficient (Wildman–Crippen LogP) is 0.276. The van der Waals surface area contributed by atoms with Crippen molar-refractivity contribution < 1.29 is 14.6 Å². The van der Waals surface area contributed by atoms with Gasteiger partial charge >= 0.3 is 0 Å². The first-order valence-corrected chi connectivity index (χ1v) is 5.72. The zero-order valence-electron chi connectivity index (χ0n) is 9.82. The molecule has 0 aromatic heterocycles. The second-order valence-corrected chi connectivity index (χ2v) is 4.17. The Hall–Kier alpha value is -1.74. The average Bonchev–Trinajstić information content (AvgIpc) is 2.40. The maximum Gasteiger partial charge on any atom is 0.177 e. The monoisotopic (exact) mass is 246 g/mol. The van der Waals surface area contributed by atoms with Crippen LogP contribution in [-0.4, -0.2) is 41.8 Å². The van der Waals surface area contributed by atoms with E-state index in [4.69, 9.17) is 10.00 Å². The molecule has 2 unspecified atom stereocenters. The van der Waals surface area contributed by atoms with Crippen molar-refractivity contribution >= 4 is 6.29 Å². The van der Waals surface area contributed by atoms with Crippen LogP contribution in [0.1, 0.15) is 11.1 Å². The average molecular weight is 246 g/mol. The lowest BCUT2D eigenvalue weighted by molar-refractivity contribution is -0.180. The number of hydrogen-bond donors (Lipinski definition) is 1. The molecule has 1 aliphatic heterocycles. The molecule has 1 aromatic carbocycles. The van der Waals surface area contributed by atoms with Gasteiger partial charge in [-0.2, -0.15) is 5.26 Å². The highest BCUT2D eigenvalue weighted by atomic mass is 16.6. The molecule has 1 N–H and O–H groups in total. The molecule has 2 rings (SSSR count). The Balaban J connectivity index is 2.07. The molecule has 94 valence electrons. The second kappa shape index (κ2) is 5.74. The maximum absolute atomic E-state index is 10.9. The SMILES string of the molecule is N#Cc1ccc(CN2CCOC(O)C2C=O)cc1. The molecule has 0 amide bonds. The van der Waals surface area contributed by atoms with Crippen LogP contribution in [0.25, 0.3) is 0 Å². The van der Waals surface area contributed by atoms with Crippen molar-refractivity contribution in [3.8, 4) is 6.07 Å². The number of nitriles is 1. The van der Waals surface area contributed by atoms with E-state index in [2.05, 4.69) is 6.07 Å². The van der Waals surface area contributed by atoms with Crippen LogP contribution in [0.4, 0.5) is 0 Å². The highest BCUT2D eigenvalue weighted by Crippen LogP contribution is 2.15. The first-order chi connectivity index (χ1) is 8.74. The van der Waals surface area contributed by atoms with Crippen LogP contribution in [0.15, 0.2) is 24.3 Å². The van der Waals surface area contributed by atoms with Gasteiger partial charge in [-0.05, 0) is 17.7 Å². The summed E-state index contributed by atoms with van der Waals surface area (Å²) >= 11 is 0. The van der Waals surface area contributed by atoms with Gasteiger partial charge in [-0.1, -0.05) is 12.1 Å². The number of carbonyl (C=O) groups is 1. The lowest BCUT2D eigenvalue weighted by Gasteiger charge is -2.35. The number of nitrogens with zero attached hydrogens (tertiary/aromatic N) is 2. The van der Waals surface area contributed by atoms with Crippen LogP contribution < -0.4 is 0 Å². The molecule has 2 atom stereocenters. The number of benzene rings is 1. The van der Waals surface area contributed by atoms with Gasteiger partial charge < -0.3 is 14.6 Å². The van der Waals surface area contributed by atoms with E-state index >= 15 is 0 Å². The summed E-state index contributed by atoms with van der Waals surface area (Å²) in [4.78, 5) is 12.8. The Morgan fingerprint density at radius 2 is 2.22 bits per heavy atom. The number of aldehydes is 1. The van der Waals surface area contributed by atoms with E-state index in [-0.39, 0.29) is 0 Å². The minimum absolute atomic E-state index is 0.405. The largest absolute Gasteiger partial charge is 0.366 e. The molecule has 0 radical (unpaired) electrons. The highest BCUT2D eigenvalue weighted by Gasteiger charge is 2.30. The molecular formula is C13H14N2O3. The lowest BCUT2D eigenvalue weighted by atomic mass is 10.1. The molecule has 1 heterocycles. The lowest BCUT2D eigenvalue weighted by Crippen LogP contribution is -2.51.